The number of pyridine rings is 1. The number of benzene rings is 1. The molecule has 6 heteroatoms. The lowest BCUT2D eigenvalue weighted by atomic mass is 10.2. The van der Waals surface area contributed by atoms with Gasteiger partial charge in [-0.2, -0.15) is 4.98 Å². The maximum Gasteiger partial charge on any atom is 0.314 e. The van der Waals surface area contributed by atoms with Gasteiger partial charge in [0.15, 0.2) is 0 Å². The van der Waals surface area contributed by atoms with Crippen molar-refractivity contribution in [3.8, 4) is 11.6 Å². The second kappa shape index (κ2) is 4.70. The first-order chi connectivity index (χ1) is 8.58. The molecule has 0 saturated heterocycles. The molecule has 0 bridgehead atoms. The van der Waals surface area contributed by atoms with E-state index >= 15 is 0 Å². The summed E-state index contributed by atoms with van der Waals surface area (Å²) in [7, 11) is 0. The number of hydrogen-bond donors (Lipinski definition) is 1. The van der Waals surface area contributed by atoms with E-state index in [1.165, 1.54) is 6.07 Å². The Morgan fingerprint density at radius 2 is 2.00 bits per heavy atom. The maximum absolute atomic E-state index is 11.0. The molecule has 0 fully saturated rings. The predicted molar refractivity (Wildman–Crippen MR) is 66.6 cm³/mol. The highest BCUT2D eigenvalue weighted by Crippen LogP contribution is 2.33. The highest BCUT2D eigenvalue weighted by Gasteiger charge is 2.18. The summed E-state index contributed by atoms with van der Waals surface area (Å²) >= 11 is 0. The molecule has 0 amide bonds. The smallest absolute Gasteiger partial charge is 0.314 e. The molecule has 2 aromatic rings. The molecular weight excluding hydrogens is 234 g/mol. The van der Waals surface area contributed by atoms with Gasteiger partial charge >= 0.3 is 5.69 Å². The molecule has 0 aliphatic heterocycles. The van der Waals surface area contributed by atoms with Gasteiger partial charge in [-0.15, -0.1) is 0 Å². The fourth-order valence-electron chi connectivity index (χ4n) is 1.55. The van der Waals surface area contributed by atoms with Gasteiger partial charge in [-0.3, -0.25) is 10.1 Å². The molecule has 6 nitrogen and oxygen atoms in total. The van der Waals surface area contributed by atoms with E-state index in [2.05, 4.69) is 4.98 Å². The molecule has 1 aromatic heterocycles. The van der Waals surface area contributed by atoms with Crippen LogP contribution in [0.5, 0.6) is 11.6 Å². The van der Waals surface area contributed by atoms with Crippen LogP contribution >= 0.6 is 0 Å². The van der Waals surface area contributed by atoms with Crippen LogP contribution in [0.25, 0.3) is 0 Å². The summed E-state index contributed by atoms with van der Waals surface area (Å²) in [6.45, 7) is 1.65. The summed E-state index contributed by atoms with van der Waals surface area (Å²) in [5, 5.41) is 11.0. The summed E-state index contributed by atoms with van der Waals surface area (Å²) in [6.07, 6.45) is 0. The van der Waals surface area contributed by atoms with Gasteiger partial charge in [-0.1, -0.05) is 18.2 Å². The SMILES string of the molecule is Cc1cccc(Oc2cccc(N)n2)c1[N+](=O)[O-]. The largest absolute Gasteiger partial charge is 0.432 e. The first-order valence-corrected chi connectivity index (χ1v) is 5.22. The van der Waals surface area contributed by atoms with Crippen molar-refractivity contribution in [2.24, 2.45) is 0 Å². The summed E-state index contributed by atoms with van der Waals surface area (Å²) in [4.78, 5) is 14.4. The standard InChI is InChI=1S/C12H11N3O3/c1-8-4-2-5-9(12(8)15(16)17)18-11-7-3-6-10(13)14-11/h2-7H,1H3,(H2,13,14). The number of ether oxygens (including phenoxy) is 1. The number of nitrogens with zero attached hydrogens (tertiary/aromatic N) is 2. The Bertz CT molecular complexity index is 599. The Labute approximate surface area is 103 Å². The second-order valence-electron chi connectivity index (χ2n) is 3.68. The fraction of sp³-hybridized carbons (Fsp3) is 0.0833. The van der Waals surface area contributed by atoms with E-state index in [0.29, 0.717) is 11.4 Å². The molecule has 0 radical (unpaired) electrons. The minimum absolute atomic E-state index is 0.0678. The lowest BCUT2D eigenvalue weighted by Crippen LogP contribution is -1.98. The molecular formula is C12H11N3O3. The van der Waals surface area contributed by atoms with Crippen LogP contribution in [0.15, 0.2) is 36.4 Å². The average Bonchev–Trinajstić information content (AvgIpc) is 2.28. The summed E-state index contributed by atoms with van der Waals surface area (Å²) in [6, 6.07) is 9.72. The van der Waals surface area contributed by atoms with Gasteiger partial charge < -0.3 is 10.5 Å². The Balaban J connectivity index is 2.40. The van der Waals surface area contributed by atoms with Crippen molar-refractivity contribution in [3.05, 3.63) is 52.1 Å². The monoisotopic (exact) mass is 245 g/mol. The Morgan fingerprint density at radius 1 is 1.28 bits per heavy atom. The molecule has 0 spiro atoms. The Kier molecular flexibility index (Phi) is 3.09. The normalized spacial score (nSPS) is 10.1. The molecule has 92 valence electrons. The number of nitrogen functional groups attached to an aromatic ring is 1. The first-order valence-electron chi connectivity index (χ1n) is 5.22. The van der Waals surface area contributed by atoms with E-state index in [9.17, 15) is 10.1 Å². The Morgan fingerprint density at radius 3 is 2.67 bits per heavy atom. The third-order valence-electron chi connectivity index (χ3n) is 2.34. The first kappa shape index (κ1) is 11.8. The molecule has 0 aliphatic carbocycles. The van der Waals surface area contributed by atoms with E-state index < -0.39 is 4.92 Å². The van der Waals surface area contributed by atoms with E-state index in [1.54, 1.807) is 37.3 Å². The molecule has 0 atom stereocenters. The summed E-state index contributed by atoms with van der Waals surface area (Å²) < 4.78 is 5.40. The number of nitro benzene ring substituents is 1. The van der Waals surface area contributed by atoms with Crippen molar-refractivity contribution in [2.75, 3.05) is 5.73 Å². The van der Waals surface area contributed by atoms with Gasteiger partial charge in [-0.25, -0.2) is 0 Å². The topological polar surface area (TPSA) is 91.3 Å². The van der Waals surface area contributed by atoms with E-state index in [-0.39, 0.29) is 17.3 Å². The maximum atomic E-state index is 11.0. The fourth-order valence-corrected chi connectivity index (χ4v) is 1.55. The zero-order valence-corrected chi connectivity index (χ0v) is 9.66. The third-order valence-corrected chi connectivity index (χ3v) is 2.34. The van der Waals surface area contributed by atoms with Crippen molar-refractivity contribution in [1.29, 1.82) is 0 Å². The predicted octanol–water partition coefficient (Wildman–Crippen LogP) is 2.67. The van der Waals surface area contributed by atoms with Crippen LogP contribution in [0.2, 0.25) is 0 Å². The van der Waals surface area contributed by atoms with Crippen LogP contribution in [0.3, 0.4) is 0 Å². The van der Waals surface area contributed by atoms with Crippen molar-refractivity contribution in [1.82, 2.24) is 4.98 Å². The molecule has 18 heavy (non-hydrogen) atoms. The molecule has 0 saturated carbocycles. The van der Waals surface area contributed by atoms with E-state index in [1.807, 2.05) is 0 Å². The van der Waals surface area contributed by atoms with Crippen molar-refractivity contribution in [3.63, 3.8) is 0 Å². The van der Waals surface area contributed by atoms with Crippen molar-refractivity contribution < 1.29 is 9.66 Å². The van der Waals surface area contributed by atoms with Crippen LogP contribution in [0.4, 0.5) is 11.5 Å². The number of rotatable bonds is 3. The lowest BCUT2D eigenvalue weighted by Gasteiger charge is -2.07. The van der Waals surface area contributed by atoms with Gasteiger partial charge in [0.1, 0.15) is 5.82 Å². The van der Waals surface area contributed by atoms with E-state index in [0.717, 1.165) is 0 Å². The van der Waals surface area contributed by atoms with Gasteiger partial charge in [0, 0.05) is 11.6 Å². The highest BCUT2D eigenvalue weighted by atomic mass is 16.6. The lowest BCUT2D eigenvalue weighted by molar-refractivity contribution is -0.386. The number of para-hydroxylation sites is 1. The van der Waals surface area contributed by atoms with Crippen LogP contribution < -0.4 is 10.5 Å². The van der Waals surface area contributed by atoms with Crippen LogP contribution in [0.1, 0.15) is 5.56 Å². The Hall–Kier alpha value is -2.63. The number of nitrogens with two attached hydrogens (primary N) is 1. The highest BCUT2D eigenvalue weighted by molar-refractivity contribution is 5.53. The number of aryl methyl sites for hydroxylation is 1. The zero-order chi connectivity index (χ0) is 13.1. The molecule has 0 aliphatic rings. The van der Waals surface area contributed by atoms with Gasteiger partial charge in [0.2, 0.25) is 11.6 Å². The van der Waals surface area contributed by atoms with Crippen LogP contribution in [-0.2, 0) is 0 Å². The zero-order valence-electron chi connectivity index (χ0n) is 9.66. The minimum atomic E-state index is -0.475. The van der Waals surface area contributed by atoms with Crippen molar-refractivity contribution in [2.45, 2.75) is 6.92 Å². The molecule has 2 N–H and O–H groups in total. The van der Waals surface area contributed by atoms with Crippen LogP contribution in [-0.4, -0.2) is 9.91 Å². The van der Waals surface area contributed by atoms with Crippen molar-refractivity contribution >= 4 is 11.5 Å². The van der Waals surface area contributed by atoms with E-state index in [4.69, 9.17) is 10.5 Å². The molecule has 2 rings (SSSR count). The quantitative estimate of drug-likeness (QED) is 0.663. The van der Waals surface area contributed by atoms with Gasteiger partial charge in [0.05, 0.1) is 4.92 Å². The minimum Gasteiger partial charge on any atom is -0.432 e. The number of anilines is 1. The van der Waals surface area contributed by atoms with Gasteiger partial charge in [0.25, 0.3) is 0 Å². The number of nitro groups is 1. The third kappa shape index (κ3) is 2.37. The molecule has 1 aromatic carbocycles. The average molecular weight is 245 g/mol. The number of hydrogen-bond acceptors (Lipinski definition) is 5. The van der Waals surface area contributed by atoms with Gasteiger partial charge in [-0.05, 0) is 19.1 Å². The molecule has 1 heterocycles. The second-order valence-corrected chi connectivity index (χ2v) is 3.68. The summed E-state index contributed by atoms with van der Waals surface area (Å²) in [5.41, 5.74) is 5.98. The molecule has 0 unspecified atom stereocenters. The number of aromatic nitrogens is 1. The summed E-state index contributed by atoms with van der Waals surface area (Å²) in [5.74, 6) is 0.671. The van der Waals surface area contributed by atoms with Crippen LogP contribution in [0, 0.1) is 17.0 Å².